The first-order valence-corrected chi connectivity index (χ1v) is 6.40. The van der Waals surface area contributed by atoms with Crippen molar-refractivity contribution in [2.75, 3.05) is 13.1 Å². The second-order valence-corrected chi connectivity index (χ2v) is 5.29. The zero-order chi connectivity index (χ0) is 12.3. The standard InChI is InChI=1S/C14H22N2O/c1-10(2)7-15-9-13-5-11-3-4-14(17)6-12(11)8-16-13/h3-4,6,10,13,15-17H,5,7-9H2,1-2H3. The normalized spacial score (nSPS) is 19.4. The van der Waals surface area contributed by atoms with Crippen LogP contribution in [-0.4, -0.2) is 24.2 Å². The third kappa shape index (κ3) is 3.45. The molecule has 0 amide bonds. The van der Waals surface area contributed by atoms with Gasteiger partial charge in [-0.3, -0.25) is 0 Å². The molecule has 0 saturated carbocycles. The van der Waals surface area contributed by atoms with E-state index in [-0.39, 0.29) is 0 Å². The number of aromatic hydroxyl groups is 1. The van der Waals surface area contributed by atoms with Crippen molar-refractivity contribution < 1.29 is 5.11 Å². The van der Waals surface area contributed by atoms with Crippen LogP contribution in [0.3, 0.4) is 0 Å². The Hall–Kier alpha value is -1.06. The van der Waals surface area contributed by atoms with E-state index in [1.165, 1.54) is 11.1 Å². The molecule has 3 N–H and O–H groups in total. The lowest BCUT2D eigenvalue weighted by Gasteiger charge is -2.26. The number of hydrogen-bond donors (Lipinski definition) is 3. The molecule has 1 aromatic rings. The van der Waals surface area contributed by atoms with Crippen molar-refractivity contribution >= 4 is 0 Å². The SMILES string of the molecule is CC(C)CNCC1Cc2ccc(O)cc2CN1. The second-order valence-electron chi connectivity index (χ2n) is 5.29. The van der Waals surface area contributed by atoms with Crippen molar-refractivity contribution in [3.8, 4) is 5.75 Å². The third-order valence-electron chi connectivity index (χ3n) is 3.18. The Labute approximate surface area is 103 Å². The maximum atomic E-state index is 9.42. The Balaban J connectivity index is 1.88. The molecule has 3 heteroatoms. The van der Waals surface area contributed by atoms with Gasteiger partial charge in [0.15, 0.2) is 0 Å². The van der Waals surface area contributed by atoms with Gasteiger partial charge < -0.3 is 15.7 Å². The molecule has 2 rings (SSSR count). The summed E-state index contributed by atoms with van der Waals surface area (Å²) >= 11 is 0. The largest absolute Gasteiger partial charge is 0.508 e. The van der Waals surface area contributed by atoms with Crippen LogP contribution in [0.4, 0.5) is 0 Å². The van der Waals surface area contributed by atoms with Crippen molar-refractivity contribution in [2.45, 2.75) is 32.9 Å². The lowest BCUT2D eigenvalue weighted by atomic mass is 9.95. The molecule has 94 valence electrons. The number of benzene rings is 1. The molecule has 0 bridgehead atoms. The summed E-state index contributed by atoms with van der Waals surface area (Å²) in [6.07, 6.45) is 1.04. The van der Waals surface area contributed by atoms with E-state index in [0.29, 0.717) is 17.7 Å². The molecule has 1 unspecified atom stereocenters. The Morgan fingerprint density at radius 3 is 3.00 bits per heavy atom. The zero-order valence-corrected chi connectivity index (χ0v) is 10.7. The lowest BCUT2D eigenvalue weighted by Crippen LogP contribution is -2.43. The molecule has 1 aliphatic rings. The Morgan fingerprint density at radius 2 is 2.24 bits per heavy atom. The zero-order valence-electron chi connectivity index (χ0n) is 10.7. The van der Waals surface area contributed by atoms with Gasteiger partial charge >= 0.3 is 0 Å². The molecule has 1 aromatic carbocycles. The predicted molar refractivity (Wildman–Crippen MR) is 70.1 cm³/mol. The van der Waals surface area contributed by atoms with Crippen molar-refractivity contribution in [3.05, 3.63) is 29.3 Å². The third-order valence-corrected chi connectivity index (χ3v) is 3.18. The maximum absolute atomic E-state index is 9.42. The van der Waals surface area contributed by atoms with E-state index in [4.69, 9.17) is 0 Å². The molecule has 0 saturated heterocycles. The number of fused-ring (bicyclic) bond motifs is 1. The maximum Gasteiger partial charge on any atom is 0.115 e. The highest BCUT2D eigenvalue weighted by Crippen LogP contribution is 2.21. The summed E-state index contributed by atoms with van der Waals surface area (Å²) in [6, 6.07) is 6.19. The summed E-state index contributed by atoms with van der Waals surface area (Å²) < 4.78 is 0. The van der Waals surface area contributed by atoms with Crippen LogP contribution >= 0.6 is 0 Å². The lowest BCUT2D eigenvalue weighted by molar-refractivity contribution is 0.428. The first-order valence-electron chi connectivity index (χ1n) is 6.40. The summed E-state index contributed by atoms with van der Waals surface area (Å²) in [5, 5.41) is 16.4. The molecule has 1 aliphatic heterocycles. The van der Waals surface area contributed by atoms with Gasteiger partial charge in [0.1, 0.15) is 5.75 Å². The highest BCUT2D eigenvalue weighted by atomic mass is 16.3. The highest BCUT2D eigenvalue weighted by Gasteiger charge is 2.17. The van der Waals surface area contributed by atoms with Gasteiger partial charge in [-0.15, -0.1) is 0 Å². The van der Waals surface area contributed by atoms with E-state index < -0.39 is 0 Å². The minimum absolute atomic E-state index is 0.363. The topological polar surface area (TPSA) is 44.3 Å². The Bertz CT molecular complexity index is 376. The van der Waals surface area contributed by atoms with Crippen LogP contribution in [-0.2, 0) is 13.0 Å². The quantitative estimate of drug-likeness (QED) is 0.742. The Morgan fingerprint density at radius 1 is 1.41 bits per heavy atom. The summed E-state index contributed by atoms with van der Waals surface area (Å²) in [7, 11) is 0. The van der Waals surface area contributed by atoms with Crippen molar-refractivity contribution in [3.63, 3.8) is 0 Å². The van der Waals surface area contributed by atoms with E-state index in [1.807, 2.05) is 12.1 Å². The van der Waals surface area contributed by atoms with Gasteiger partial charge in [-0.2, -0.15) is 0 Å². The molecule has 0 aromatic heterocycles. The fourth-order valence-electron chi connectivity index (χ4n) is 2.26. The number of phenolic OH excluding ortho intramolecular Hbond substituents is 1. The monoisotopic (exact) mass is 234 g/mol. The molecule has 0 spiro atoms. The second kappa shape index (κ2) is 5.52. The predicted octanol–water partition coefficient (Wildman–Crippen LogP) is 1.65. The van der Waals surface area contributed by atoms with Gasteiger partial charge in [0.2, 0.25) is 0 Å². The summed E-state index contributed by atoms with van der Waals surface area (Å²) in [5.74, 6) is 1.06. The van der Waals surface area contributed by atoms with Crippen molar-refractivity contribution in [2.24, 2.45) is 5.92 Å². The molecule has 0 aliphatic carbocycles. The minimum atomic E-state index is 0.363. The molecule has 0 fully saturated rings. The van der Waals surface area contributed by atoms with Gasteiger partial charge in [0, 0.05) is 19.1 Å². The first kappa shape index (κ1) is 12.4. The minimum Gasteiger partial charge on any atom is -0.508 e. The van der Waals surface area contributed by atoms with Crippen LogP contribution in [0.2, 0.25) is 0 Å². The van der Waals surface area contributed by atoms with Crippen LogP contribution in [0, 0.1) is 5.92 Å². The summed E-state index contributed by atoms with van der Waals surface area (Å²) in [6.45, 7) is 7.38. The van der Waals surface area contributed by atoms with E-state index in [9.17, 15) is 5.11 Å². The summed E-state index contributed by atoms with van der Waals surface area (Å²) in [5.41, 5.74) is 2.59. The van der Waals surface area contributed by atoms with Gasteiger partial charge in [-0.1, -0.05) is 19.9 Å². The van der Waals surface area contributed by atoms with Crippen molar-refractivity contribution in [1.29, 1.82) is 0 Å². The number of nitrogens with one attached hydrogen (secondary N) is 2. The molecular weight excluding hydrogens is 212 g/mol. The van der Waals surface area contributed by atoms with E-state index in [1.54, 1.807) is 6.07 Å². The van der Waals surface area contributed by atoms with E-state index in [2.05, 4.69) is 24.5 Å². The average molecular weight is 234 g/mol. The average Bonchev–Trinajstić information content (AvgIpc) is 2.29. The van der Waals surface area contributed by atoms with E-state index in [0.717, 1.165) is 26.1 Å². The van der Waals surface area contributed by atoms with Crippen LogP contribution in [0.15, 0.2) is 18.2 Å². The first-order chi connectivity index (χ1) is 8.15. The molecule has 1 atom stereocenters. The fraction of sp³-hybridized carbons (Fsp3) is 0.571. The molecular formula is C14H22N2O. The van der Waals surface area contributed by atoms with Gasteiger partial charge in [0.25, 0.3) is 0 Å². The molecule has 1 heterocycles. The van der Waals surface area contributed by atoms with E-state index >= 15 is 0 Å². The fourth-order valence-corrected chi connectivity index (χ4v) is 2.26. The Kier molecular flexibility index (Phi) is 4.02. The highest BCUT2D eigenvalue weighted by molar-refractivity contribution is 5.36. The number of hydrogen-bond acceptors (Lipinski definition) is 3. The molecule has 3 nitrogen and oxygen atoms in total. The van der Waals surface area contributed by atoms with Gasteiger partial charge in [-0.05, 0) is 42.1 Å². The van der Waals surface area contributed by atoms with Gasteiger partial charge in [0.05, 0.1) is 0 Å². The molecule has 0 radical (unpaired) electrons. The van der Waals surface area contributed by atoms with Crippen LogP contribution < -0.4 is 10.6 Å². The molecule has 17 heavy (non-hydrogen) atoms. The van der Waals surface area contributed by atoms with Crippen LogP contribution in [0.5, 0.6) is 5.75 Å². The number of phenols is 1. The van der Waals surface area contributed by atoms with Gasteiger partial charge in [-0.25, -0.2) is 0 Å². The van der Waals surface area contributed by atoms with Crippen LogP contribution in [0.1, 0.15) is 25.0 Å². The summed E-state index contributed by atoms with van der Waals surface area (Å²) in [4.78, 5) is 0. The van der Waals surface area contributed by atoms with Crippen molar-refractivity contribution in [1.82, 2.24) is 10.6 Å². The smallest absolute Gasteiger partial charge is 0.115 e. The van der Waals surface area contributed by atoms with Crippen LogP contribution in [0.25, 0.3) is 0 Å². The number of rotatable bonds is 4.